The van der Waals surface area contributed by atoms with Crippen molar-refractivity contribution in [2.45, 2.75) is 19.3 Å². The van der Waals surface area contributed by atoms with Crippen LogP contribution in [0.15, 0.2) is 97.4 Å². The predicted octanol–water partition coefficient (Wildman–Crippen LogP) is 5.23. The Morgan fingerprint density at radius 3 is 2.47 bits per heavy atom. The van der Waals surface area contributed by atoms with Crippen LogP contribution in [0.4, 0.5) is 4.39 Å². The Morgan fingerprint density at radius 1 is 0.824 bits per heavy atom. The van der Waals surface area contributed by atoms with Crippen molar-refractivity contribution in [1.29, 1.82) is 0 Å². The van der Waals surface area contributed by atoms with Crippen molar-refractivity contribution in [3.63, 3.8) is 0 Å². The van der Waals surface area contributed by atoms with Crippen molar-refractivity contribution in [3.05, 3.63) is 130 Å². The van der Waals surface area contributed by atoms with E-state index in [0.29, 0.717) is 5.56 Å². The van der Waals surface area contributed by atoms with Crippen LogP contribution in [0, 0.1) is 11.7 Å². The molecule has 1 atom stereocenters. The zero-order valence-corrected chi connectivity index (χ0v) is 18.9. The number of halogens is 1. The maximum atomic E-state index is 13.5. The van der Waals surface area contributed by atoms with E-state index in [4.69, 9.17) is 0 Å². The van der Waals surface area contributed by atoms with E-state index >= 15 is 0 Å². The van der Waals surface area contributed by atoms with Crippen molar-refractivity contribution in [2.24, 2.45) is 5.92 Å². The van der Waals surface area contributed by atoms with E-state index in [-0.39, 0.29) is 17.5 Å². The van der Waals surface area contributed by atoms with Crippen LogP contribution in [0.3, 0.4) is 0 Å². The summed E-state index contributed by atoms with van der Waals surface area (Å²) in [6.45, 7) is 0. The third kappa shape index (κ3) is 4.55. The molecule has 0 saturated heterocycles. The molecule has 168 valence electrons. The predicted molar refractivity (Wildman–Crippen MR) is 137 cm³/mol. The van der Waals surface area contributed by atoms with Crippen LogP contribution in [0.5, 0.6) is 0 Å². The summed E-state index contributed by atoms with van der Waals surface area (Å²) in [6.07, 6.45) is 18.5. The van der Waals surface area contributed by atoms with Crippen LogP contribution in [-0.2, 0) is 12.8 Å². The molecule has 2 nitrogen and oxygen atoms in total. The van der Waals surface area contributed by atoms with E-state index in [9.17, 15) is 9.18 Å². The molecule has 6 rings (SSSR count). The number of allylic oxidation sites excluding steroid dienone is 4. The van der Waals surface area contributed by atoms with Crippen molar-refractivity contribution in [1.82, 2.24) is 5.32 Å². The first-order chi connectivity index (χ1) is 16.7. The maximum Gasteiger partial charge on any atom is 0.169 e. The molecule has 2 aliphatic carbocycles. The average Bonchev–Trinajstić information content (AvgIpc) is 3.21. The number of hydrogen-bond donors (Lipinski definition) is 1. The quantitative estimate of drug-likeness (QED) is 0.545. The Hall–Kier alpha value is -3.98. The third-order valence-electron chi connectivity index (χ3n) is 6.47. The fourth-order valence-electron chi connectivity index (χ4n) is 4.79. The van der Waals surface area contributed by atoms with Gasteiger partial charge < -0.3 is 5.32 Å². The minimum Gasteiger partial charge on any atom is -0.368 e. The summed E-state index contributed by atoms with van der Waals surface area (Å²) >= 11 is 0. The second-order valence-electron chi connectivity index (χ2n) is 8.62. The molecule has 0 amide bonds. The van der Waals surface area contributed by atoms with Crippen LogP contribution in [-0.4, -0.2) is 5.78 Å². The molecule has 0 saturated carbocycles. The highest BCUT2D eigenvalue weighted by molar-refractivity contribution is 6.01. The molecule has 3 heteroatoms. The summed E-state index contributed by atoms with van der Waals surface area (Å²) < 4.78 is 13.5. The molecule has 1 unspecified atom stereocenters. The monoisotopic (exact) mass is 447 g/mol. The highest BCUT2D eigenvalue weighted by Crippen LogP contribution is 2.26. The molecule has 3 aromatic carbocycles. The van der Waals surface area contributed by atoms with Gasteiger partial charge in [0.15, 0.2) is 5.78 Å². The van der Waals surface area contributed by atoms with Crippen molar-refractivity contribution in [2.75, 3.05) is 0 Å². The normalized spacial score (nSPS) is 16.8. The first-order valence-corrected chi connectivity index (χ1v) is 11.7. The largest absolute Gasteiger partial charge is 0.368 e. The lowest BCUT2D eigenvalue weighted by atomic mass is 9.82. The molecule has 0 fully saturated rings. The van der Waals surface area contributed by atoms with Crippen LogP contribution >= 0.6 is 0 Å². The standard InChI is InChI=1S/C25H19FO.C6H7N/c26-20-6-3-5-18(14-20)25(27)19-9-8-17-11-12-22-21-7-2-1-4-16(21)10-13-23(22)24(17)15-19;1-2-4-6-7-5-3-1/h1-7,11-15,19H,8-10H2;1-7H. The summed E-state index contributed by atoms with van der Waals surface area (Å²) in [5.41, 5.74) is 5.62. The SMILES string of the molecule is C1=CC=CNC=C1.O=C(c1cccc(F)c1)C1C=c2c(ccc3c2=CCc2ccccc2-3)CC1. The van der Waals surface area contributed by atoms with Gasteiger partial charge in [0, 0.05) is 23.9 Å². The van der Waals surface area contributed by atoms with E-state index in [1.165, 1.54) is 44.8 Å². The van der Waals surface area contributed by atoms with Gasteiger partial charge in [-0.2, -0.15) is 0 Å². The third-order valence-corrected chi connectivity index (χ3v) is 6.47. The van der Waals surface area contributed by atoms with Gasteiger partial charge in [0.2, 0.25) is 0 Å². The number of carbonyl (C=O) groups is 1. The van der Waals surface area contributed by atoms with Crippen LogP contribution in [0.25, 0.3) is 23.3 Å². The van der Waals surface area contributed by atoms with E-state index in [0.717, 1.165) is 19.3 Å². The Bertz CT molecular complexity index is 1430. The van der Waals surface area contributed by atoms with Gasteiger partial charge in [-0.3, -0.25) is 4.79 Å². The highest BCUT2D eigenvalue weighted by Gasteiger charge is 2.23. The number of nitrogens with one attached hydrogen (secondary N) is 1. The fourth-order valence-corrected chi connectivity index (χ4v) is 4.79. The van der Waals surface area contributed by atoms with Gasteiger partial charge in [-0.1, -0.05) is 72.8 Å². The van der Waals surface area contributed by atoms with Gasteiger partial charge in [0.25, 0.3) is 0 Å². The van der Waals surface area contributed by atoms with E-state index in [1.807, 2.05) is 36.7 Å². The van der Waals surface area contributed by atoms with Crippen molar-refractivity contribution >= 4 is 17.9 Å². The molecule has 3 aromatic rings. The molecular weight excluding hydrogens is 421 g/mol. The van der Waals surface area contributed by atoms with Crippen LogP contribution in [0.1, 0.15) is 27.9 Å². The molecule has 34 heavy (non-hydrogen) atoms. The molecule has 0 spiro atoms. The lowest BCUT2D eigenvalue weighted by Gasteiger charge is -2.21. The number of benzene rings is 3. The summed E-state index contributed by atoms with van der Waals surface area (Å²) in [6, 6.07) is 18.9. The molecule has 0 aromatic heterocycles. The summed E-state index contributed by atoms with van der Waals surface area (Å²) in [5.74, 6) is -0.551. The van der Waals surface area contributed by atoms with Crippen LogP contribution < -0.4 is 15.8 Å². The Balaban J connectivity index is 0.000000297. The number of rotatable bonds is 2. The summed E-state index contributed by atoms with van der Waals surface area (Å²) in [5, 5.41) is 5.35. The molecule has 1 heterocycles. The number of Topliss-reactive ketones (excluding diaryl/α,β-unsaturated/α-hetero) is 1. The zero-order chi connectivity index (χ0) is 23.3. The lowest BCUT2D eigenvalue weighted by molar-refractivity contribution is 0.0946. The van der Waals surface area contributed by atoms with E-state index in [1.54, 1.807) is 12.1 Å². The Morgan fingerprint density at radius 2 is 1.65 bits per heavy atom. The molecular formula is C31H26FNO. The fraction of sp³-hybridized carbons (Fsp3) is 0.129. The second kappa shape index (κ2) is 9.88. The minimum atomic E-state index is -0.362. The number of fused-ring (bicyclic) bond motifs is 5. The van der Waals surface area contributed by atoms with Gasteiger partial charge in [0.05, 0.1) is 0 Å². The average molecular weight is 448 g/mol. The van der Waals surface area contributed by atoms with Gasteiger partial charge in [-0.15, -0.1) is 0 Å². The highest BCUT2D eigenvalue weighted by atomic mass is 19.1. The zero-order valence-electron chi connectivity index (χ0n) is 18.9. The van der Waals surface area contributed by atoms with Crippen molar-refractivity contribution in [3.8, 4) is 11.1 Å². The molecule has 0 radical (unpaired) electrons. The van der Waals surface area contributed by atoms with Gasteiger partial charge in [0.1, 0.15) is 5.82 Å². The van der Waals surface area contributed by atoms with Crippen LogP contribution in [0.2, 0.25) is 0 Å². The molecule has 1 aliphatic heterocycles. The minimum absolute atomic E-state index is 0.00830. The van der Waals surface area contributed by atoms with Gasteiger partial charge in [-0.05, 0) is 76.2 Å². The number of ketones is 1. The van der Waals surface area contributed by atoms with Gasteiger partial charge in [-0.25, -0.2) is 4.39 Å². The number of carbonyl (C=O) groups excluding carboxylic acids is 1. The topological polar surface area (TPSA) is 29.1 Å². The molecule has 1 N–H and O–H groups in total. The first-order valence-electron chi connectivity index (χ1n) is 11.7. The maximum absolute atomic E-state index is 13.5. The second-order valence-corrected chi connectivity index (χ2v) is 8.62. The smallest absolute Gasteiger partial charge is 0.169 e. The summed E-state index contributed by atoms with van der Waals surface area (Å²) in [7, 11) is 0. The van der Waals surface area contributed by atoms with Crippen molar-refractivity contribution < 1.29 is 9.18 Å². The van der Waals surface area contributed by atoms with E-state index < -0.39 is 0 Å². The molecule has 0 bridgehead atoms. The number of hydrogen-bond acceptors (Lipinski definition) is 2. The molecule has 3 aliphatic rings. The Labute approximate surface area is 199 Å². The lowest BCUT2D eigenvalue weighted by Crippen LogP contribution is -2.37. The number of aryl methyl sites for hydroxylation is 1. The Kier molecular flexibility index (Phi) is 6.35. The van der Waals surface area contributed by atoms with E-state index in [2.05, 4.69) is 53.9 Å². The van der Waals surface area contributed by atoms with Gasteiger partial charge >= 0.3 is 0 Å². The first kappa shape index (κ1) is 21.8. The summed E-state index contributed by atoms with van der Waals surface area (Å²) in [4.78, 5) is 12.9.